The van der Waals surface area contributed by atoms with Gasteiger partial charge in [0, 0.05) is 30.4 Å². The van der Waals surface area contributed by atoms with Crippen molar-refractivity contribution in [3.8, 4) is 5.69 Å². The average molecular weight is 322 g/mol. The third kappa shape index (κ3) is 2.68. The van der Waals surface area contributed by atoms with Crippen molar-refractivity contribution in [1.82, 2.24) is 25.2 Å². The van der Waals surface area contributed by atoms with Gasteiger partial charge in [-0.3, -0.25) is 4.79 Å². The van der Waals surface area contributed by atoms with Crippen LogP contribution in [0.5, 0.6) is 0 Å². The van der Waals surface area contributed by atoms with E-state index in [-0.39, 0.29) is 11.8 Å². The molecule has 4 rings (SSSR count). The van der Waals surface area contributed by atoms with Crippen LogP contribution in [-0.4, -0.2) is 31.1 Å². The van der Waals surface area contributed by atoms with Crippen LogP contribution in [0.2, 0.25) is 0 Å². The lowest BCUT2D eigenvalue weighted by Crippen LogP contribution is -2.28. The lowest BCUT2D eigenvalue weighted by molar-refractivity contribution is -0.120. The summed E-state index contributed by atoms with van der Waals surface area (Å²) < 4.78 is 1.80. The fraction of sp³-hybridized carbons (Fsp3) is 0.294. The first-order chi connectivity index (χ1) is 11.7. The summed E-state index contributed by atoms with van der Waals surface area (Å²) in [5, 5.41) is 18.1. The molecule has 0 fully saturated rings. The number of nitrogens with one attached hydrogen (secondary N) is 2. The molecule has 122 valence electrons. The van der Waals surface area contributed by atoms with Crippen LogP contribution in [0.1, 0.15) is 23.4 Å². The summed E-state index contributed by atoms with van der Waals surface area (Å²) in [7, 11) is 0. The van der Waals surface area contributed by atoms with E-state index < -0.39 is 0 Å². The third-order valence-electron chi connectivity index (χ3n) is 4.48. The molecule has 1 amide bonds. The van der Waals surface area contributed by atoms with Gasteiger partial charge in [-0.25, -0.2) is 4.68 Å². The Morgan fingerprint density at radius 2 is 2.21 bits per heavy atom. The minimum absolute atomic E-state index is 0.0404. The van der Waals surface area contributed by atoms with E-state index in [0.29, 0.717) is 6.42 Å². The van der Waals surface area contributed by atoms with Crippen LogP contribution in [-0.2, 0) is 17.6 Å². The summed E-state index contributed by atoms with van der Waals surface area (Å²) in [6.45, 7) is 1.99. The first-order valence-corrected chi connectivity index (χ1v) is 8.01. The van der Waals surface area contributed by atoms with Gasteiger partial charge in [0.2, 0.25) is 5.91 Å². The Morgan fingerprint density at radius 3 is 3.00 bits per heavy atom. The monoisotopic (exact) mass is 322 g/mol. The number of fused-ring (bicyclic) bond motifs is 1. The van der Waals surface area contributed by atoms with E-state index >= 15 is 0 Å². The van der Waals surface area contributed by atoms with E-state index in [4.69, 9.17) is 0 Å². The first kappa shape index (κ1) is 14.6. The number of hydrogen-bond donors (Lipinski definition) is 2. The number of amides is 1. The van der Waals surface area contributed by atoms with Gasteiger partial charge in [0.15, 0.2) is 0 Å². The van der Waals surface area contributed by atoms with Crippen molar-refractivity contribution in [2.45, 2.75) is 26.2 Å². The molecule has 1 atom stereocenters. The summed E-state index contributed by atoms with van der Waals surface area (Å²) >= 11 is 0. The number of carbonyl (C=O) groups is 1. The van der Waals surface area contributed by atoms with Crippen LogP contribution in [0.3, 0.4) is 0 Å². The molecule has 0 spiro atoms. The molecule has 0 saturated heterocycles. The second-order valence-electron chi connectivity index (χ2n) is 6.10. The quantitative estimate of drug-likeness (QED) is 0.772. The zero-order valence-electron chi connectivity index (χ0n) is 13.4. The Labute approximate surface area is 139 Å². The Hall–Kier alpha value is -2.96. The maximum atomic E-state index is 12.6. The van der Waals surface area contributed by atoms with E-state index in [0.717, 1.165) is 41.2 Å². The fourth-order valence-electron chi connectivity index (χ4n) is 3.10. The van der Waals surface area contributed by atoms with Gasteiger partial charge in [0.05, 0.1) is 17.1 Å². The van der Waals surface area contributed by atoms with Crippen LogP contribution >= 0.6 is 0 Å². The fourth-order valence-corrected chi connectivity index (χ4v) is 3.10. The van der Waals surface area contributed by atoms with Crippen LogP contribution in [0, 0.1) is 12.8 Å². The number of carbonyl (C=O) groups excluding carboxylic acids is 1. The highest BCUT2D eigenvalue weighted by Gasteiger charge is 2.27. The number of aryl methyl sites for hydroxylation is 2. The van der Waals surface area contributed by atoms with Crippen molar-refractivity contribution in [1.29, 1.82) is 0 Å². The topological polar surface area (TPSA) is 88.5 Å². The smallest absolute Gasteiger partial charge is 0.227 e. The number of H-pyrrole nitrogens is 1. The second kappa shape index (κ2) is 5.92. The molecule has 0 aliphatic heterocycles. The molecule has 0 saturated carbocycles. The lowest BCUT2D eigenvalue weighted by Gasteiger charge is -2.20. The highest BCUT2D eigenvalue weighted by molar-refractivity contribution is 5.93. The van der Waals surface area contributed by atoms with Crippen molar-refractivity contribution in [3.63, 3.8) is 0 Å². The number of aromatic nitrogens is 5. The number of anilines is 1. The van der Waals surface area contributed by atoms with Gasteiger partial charge < -0.3 is 5.32 Å². The number of benzene rings is 1. The molecule has 0 radical (unpaired) electrons. The van der Waals surface area contributed by atoms with Gasteiger partial charge in [-0.1, -0.05) is 0 Å². The minimum atomic E-state index is -0.0622. The molecular formula is C17H18N6O. The predicted molar refractivity (Wildman–Crippen MR) is 88.8 cm³/mol. The van der Waals surface area contributed by atoms with Crippen molar-refractivity contribution in [3.05, 3.63) is 53.6 Å². The Kier molecular flexibility index (Phi) is 3.60. The first-order valence-electron chi connectivity index (χ1n) is 8.01. The van der Waals surface area contributed by atoms with Crippen molar-refractivity contribution < 1.29 is 4.79 Å². The van der Waals surface area contributed by atoms with Crippen LogP contribution in [0.4, 0.5) is 5.69 Å². The van der Waals surface area contributed by atoms with Gasteiger partial charge in [0.25, 0.3) is 0 Å². The number of nitrogens with zero attached hydrogens (tertiary/aromatic N) is 4. The Balaban J connectivity index is 1.48. The summed E-state index contributed by atoms with van der Waals surface area (Å²) in [4.78, 5) is 12.6. The highest BCUT2D eigenvalue weighted by atomic mass is 16.1. The largest absolute Gasteiger partial charge is 0.326 e. The van der Waals surface area contributed by atoms with Gasteiger partial charge in [0.1, 0.15) is 0 Å². The van der Waals surface area contributed by atoms with Gasteiger partial charge in [-0.05, 0) is 49.6 Å². The maximum Gasteiger partial charge on any atom is 0.227 e. The van der Waals surface area contributed by atoms with E-state index in [1.807, 2.05) is 37.4 Å². The Morgan fingerprint density at radius 1 is 1.33 bits per heavy atom. The summed E-state index contributed by atoms with van der Waals surface area (Å²) in [6.07, 6.45) is 5.87. The van der Waals surface area contributed by atoms with E-state index in [1.54, 1.807) is 10.9 Å². The standard InChI is InChI=1S/C17H18N6O/c1-11-9-13(23-8-2-7-18-23)4-6-14(11)19-17(24)12-3-5-15-16(10-12)21-22-20-15/h2,4,6-9,12H,3,5,10H2,1H3,(H,19,24)(H,20,21,22). The zero-order valence-corrected chi connectivity index (χ0v) is 13.4. The van der Waals surface area contributed by atoms with Crippen molar-refractivity contribution in [2.24, 2.45) is 5.92 Å². The average Bonchev–Trinajstić information content (AvgIpc) is 3.27. The number of rotatable bonds is 3. The molecule has 3 aromatic rings. The van der Waals surface area contributed by atoms with E-state index in [9.17, 15) is 4.79 Å². The molecule has 1 aliphatic carbocycles. The minimum Gasteiger partial charge on any atom is -0.326 e. The molecule has 2 heterocycles. The SMILES string of the molecule is Cc1cc(-n2cccn2)ccc1NC(=O)C1CCc2n[nH]nc2C1. The molecule has 7 heteroatoms. The van der Waals surface area contributed by atoms with Crippen molar-refractivity contribution in [2.75, 3.05) is 5.32 Å². The number of aromatic amines is 1. The molecule has 0 bridgehead atoms. The zero-order chi connectivity index (χ0) is 16.5. The van der Waals surface area contributed by atoms with Crippen LogP contribution < -0.4 is 5.32 Å². The van der Waals surface area contributed by atoms with Gasteiger partial charge in [-0.2, -0.15) is 20.5 Å². The van der Waals surface area contributed by atoms with Gasteiger partial charge in [-0.15, -0.1) is 0 Å². The summed E-state index contributed by atoms with van der Waals surface area (Å²) in [5.41, 5.74) is 4.71. The van der Waals surface area contributed by atoms with Crippen LogP contribution in [0.25, 0.3) is 5.69 Å². The Bertz CT molecular complexity index is 867. The summed E-state index contributed by atoms with van der Waals surface area (Å²) in [6, 6.07) is 7.77. The molecule has 24 heavy (non-hydrogen) atoms. The molecule has 2 aromatic heterocycles. The molecule has 1 aromatic carbocycles. The van der Waals surface area contributed by atoms with E-state index in [1.165, 1.54) is 0 Å². The van der Waals surface area contributed by atoms with Crippen molar-refractivity contribution >= 4 is 11.6 Å². The maximum absolute atomic E-state index is 12.6. The second-order valence-corrected chi connectivity index (χ2v) is 6.10. The normalized spacial score (nSPS) is 16.6. The number of hydrogen-bond acceptors (Lipinski definition) is 4. The predicted octanol–water partition coefficient (Wildman–Crippen LogP) is 2.04. The molecule has 1 unspecified atom stereocenters. The molecule has 2 N–H and O–H groups in total. The molecular weight excluding hydrogens is 304 g/mol. The van der Waals surface area contributed by atoms with Crippen LogP contribution in [0.15, 0.2) is 36.7 Å². The van der Waals surface area contributed by atoms with Gasteiger partial charge >= 0.3 is 0 Å². The lowest BCUT2D eigenvalue weighted by atomic mass is 9.89. The van der Waals surface area contributed by atoms with E-state index in [2.05, 4.69) is 25.8 Å². The third-order valence-corrected chi connectivity index (χ3v) is 4.48. The summed E-state index contributed by atoms with van der Waals surface area (Å²) in [5.74, 6) is -0.0219. The molecule has 1 aliphatic rings. The molecule has 7 nitrogen and oxygen atoms in total. The highest BCUT2D eigenvalue weighted by Crippen LogP contribution is 2.25.